The largest absolute Gasteiger partial charge is 0.424 e. The van der Waals surface area contributed by atoms with Crippen LogP contribution in [-0.2, 0) is 11.3 Å². The van der Waals surface area contributed by atoms with Crippen molar-refractivity contribution in [3.63, 3.8) is 0 Å². The van der Waals surface area contributed by atoms with Crippen LogP contribution in [0.4, 0.5) is 0 Å². The van der Waals surface area contributed by atoms with Gasteiger partial charge >= 0.3 is 0 Å². The molecule has 108 valence electrons. The molecule has 1 aliphatic heterocycles. The van der Waals surface area contributed by atoms with Gasteiger partial charge in [0.1, 0.15) is 0 Å². The number of aromatic nitrogens is 2. The Morgan fingerprint density at radius 3 is 2.74 bits per heavy atom. The van der Waals surface area contributed by atoms with Crippen LogP contribution in [0.2, 0.25) is 0 Å². The summed E-state index contributed by atoms with van der Waals surface area (Å²) in [5.41, 5.74) is 0. The van der Waals surface area contributed by atoms with Crippen molar-refractivity contribution in [2.45, 2.75) is 58.6 Å². The van der Waals surface area contributed by atoms with Gasteiger partial charge in [-0.15, -0.1) is 10.2 Å². The smallest absolute Gasteiger partial charge is 0.230 e. The summed E-state index contributed by atoms with van der Waals surface area (Å²) >= 11 is 0. The van der Waals surface area contributed by atoms with Crippen molar-refractivity contribution in [3.8, 4) is 0 Å². The number of ether oxygens (including phenoxy) is 1. The van der Waals surface area contributed by atoms with Crippen molar-refractivity contribution in [2.75, 3.05) is 19.7 Å². The summed E-state index contributed by atoms with van der Waals surface area (Å²) in [6.07, 6.45) is 4.00. The highest BCUT2D eigenvalue weighted by molar-refractivity contribution is 4.87. The van der Waals surface area contributed by atoms with E-state index in [1.807, 2.05) is 0 Å². The third-order valence-electron chi connectivity index (χ3n) is 3.52. The predicted molar refractivity (Wildman–Crippen MR) is 72.9 cm³/mol. The Bertz CT molecular complexity index is 373. The molecule has 0 N–H and O–H groups in total. The molecule has 1 aliphatic rings. The van der Waals surface area contributed by atoms with Gasteiger partial charge in [-0.1, -0.05) is 20.8 Å². The van der Waals surface area contributed by atoms with E-state index >= 15 is 0 Å². The molecular formula is C14H25N3O2. The van der Waals surface area contributed by atoms with Gasteiger partial charge in [0.2, 0.25) is 11.8 Å². The summed E-state index contributed by atoms with van der Waals surface area (Å²) < 4.78 is 11.4. The van der Waals surface area contributed by atoms with E-state index in [2.05, 4.69) is 35.9 Å². The fourth-order valence-electron chi connectivity index (χ4n) is 2.30. The van der Waals surface area contributed by atoms with Crippen molar-refractivity contribution < 1.29 is 9.15 Å². The highest BCUT2D eigenvalue weighted by atomic mass is 16.5. The number of nitrogens with zero attached hydrogens (tertiary/aromatic N) is 3. The minimum atomic E-state index is 0.290. The topological polar surface area (TPSA) is 51.4 Å². The second kappa shape index (κ2) is 7.01. The standard InChI is InChI=1S/C14H25N3O2/c1-4-17(9-12-7-5-6-8-18-12)10-13-15-16-14(19-13)11(2)3/h11-12H,4-10H2,1-3H3. The van der Waals surface area contributed by atoms with E-state index in [4.69, 9.17) is 9.15 Å². The maximum atomic E-state index is 5.78. The SMILES string of the molecule is CCN(Cc1nnc(C(C)C)o1)CC1CCCCO1. The van der Waals surface area contributed by atoms with Crippen LogP contribution in [0.5, 0.6) is 0 Å². The highest BCUT2D eigenvalue weighted by Crippen LogP contribution is 2.16. The summed E-state index contributed by atoms with van der Waals surface area (Å²) in [7, 11) is 0. The molecule has 0 saturated carbocycles. The Labute approximate surface area is 115 Å². The molecule has 0 aliphatic carbocycles. The monoisotopic (exact) mass is 267 g/mol. The van der Waals surface area contributed by atoms with Gasteiger partial charge in [-0.2, -0.15) is 0 Å². The van der Waals surface area contributed by atoms with Crippen LogP contribution in [-0.4, -0.2) is 40.9 Å². The second-order valence-electron chi connectivity index (χ2n) is 5.51. The second-order valence-corrected chi connectivity index (χ2v) is 5.51. The lowest BCUT2D eigenvalue weighted by Gasteiger charge is -2.28. The maximum absolute atomic E-state index is 5.78. The van der Waals surface area contributed by atoms with Crippen LogP contribution in [0, 0.1) is 0 Å². The molecule has 0 bridgehead atoms. The molecule has 5 nitrogen and oxygen atoms in total. The van der Waals surface area contributed by atoms with E-state index in [0.29, 0.717) is 12.0 Å². The Morgan fingerprint density at radius 2 is 2.16 bits per heavy atom. The fourth-order valence-corrected chi connectivity index (χ4v) is 2.30. The fraction of sp³-hybridized carbons (Fsp3) is 0.857. The molecule has 0 amide bonds. The zero-order valence-corrected chi connectivity index (χ0v) is 12.3. The van der Waals surface area contributed by atoms with Gasteiger partial charge in [-0.05, 0) is 25.8 Å². The van der Waals surface area contributed by atoms with Gasteiger partial charge in [0.05, 0.1) is 12.6 Å². The van der Waals surface area contributed by atoms with E-state index in [1.54, 1.807) is 0 Å². The summed E-state index contributed by atoms with van der Waals surface area (Å²) in [5, 5.41) is 8.19. The third-order valence-corrected chi connectivity index (χ3v) is 3.52. The maximum Gasteiger partial charge on any atom is 0.230 e. The van der Waals surface area contributed by atoms with Gasteiger partial charge in [-0.3, -0.25) is 4.90 Å². The molecule has 1 saturated heterocycles. The van der Waals surface area contributed by atoms with Gasteiger partial charge in [0.25, 0.3) is 0 Å². The van der Waals surface area contributed by atoms with Gasteiger partial charge in [0, 0.05) is 19.1 Å². The van der Waals surface area contributed by atoms with Crippen LogP contribution in [0.3, 0.4) is 0 Å². The lowest BCUT2D eigenvalue weighted by atomic mass is 10.1. The number of likely N-dealkylation sites (N-methyl/N-ethyl adjacent to an activating group) is 1. The molecule has 1 aromatic heterocycles. The molecule has 1 atom stereocenters. The number of rotatable bonds is 6. The quantitative estimate of drug-likeness (QED) is 0.793. The molecule has 1 fully saturated rings. The molecule has 19 heavy (non-hydrogen) atoms. The molecular weight excluding hydrogens is 242 g/mol. The number of hydrogen-bond donors (Lipinski definition) is 0. The first-order valence-corrected chi connectivity index (χ1v) is 7.35. The lowest BCUT2D eigenvalue weighted by Crippen LogP contribution is -2.35. The van der Waals surface area contributed by atoms with Crippen LogP contribution in [0.15, 0.2) is 4.42 Å². The first-order chi connectivity index (χ1) is 9.19. The normalized spacial score (nSPS) is 20.4. The molecule has 0 radical (unpaired) electrons. The average molecular weight is 267 g/mol. The Balaban J connectivity index is 1.86. The molecule has 1 aromatic rings. The van der Waals surface area contributed by atoms with Crippen LogP contribution >= 0.6 is 0 Å². The van der Waals surface area contributed by atoms with Crippen molar-refractivity contribution in [1.29, 1.82) is 0 Å². The zero-order valence-electron chi connectivity index (χ0n) is 12.3. The van der Waals surface area contributed by atoms with Crippen molar-refractivity contribution >= 4 is 0 Å². The molecule has 2 rings (SSSR count). The molecule has 5 heteroatoms. The van der Waals surface area contributed by atoms with Crippen molar-refractivity contribution in [1.82, 2.24) is 15.1 Å². The third kappa shape index (κ3) is 4.28. The predicted octanol–water partition coefficient (Wildman–Crippen LogP) is 2.58. The number of hydrogen-bond acceptors (Lipinski definition) is 5. The van der Waals surface area contributed by atoms with Gasteiger partial charge in [0.15, 0.2) is 0 Å². The summed E-state index contributed by atoms with van der Waals surface area (Å²) in [5.74, 6) is 1.72. The van der Waals surface area contributed by atoms with E-state index in [9.17, 15) is 0 Å². The van der Waals surface area contributed by atoms with E-state index in [-0.39, 0.29) is 5.92 Å². The van der Waals surface area contributed by atoms with Gasteiger partial charge in [-0.25, -0.2) is 0 Å². The highest BCUT2D eigenvalue weighted by Gasteiger charge is 2.19. The lowest BCUT2D eigenvalue weighted by molar-refractivity contribution is -0.00747. The first kappa shape index (κ1) is 14.5. The summed E-state index contributed by atoms with van der Waals surface area (Å²) in [6, 6.07) is 0. The summed E-state index contributed by atoms with van der Waals surface area (Å²) in [6.45, 7) is 9.82. The van der Waals surface area contributed by atoms with Crippen LogP contribution in [0.1, 0.15) is 57.7 Å². The van der Waals surface area contributed by atoms with Crippen molar-refractivity contribution in [3.05, 3.63) is 11.8 Å². The molecule has 2 heterocycles. The Kier molecular flexibility index (Phi) is 5.34. The Hall–Kier alpha value is -0.940. The summed E-state index contributed by atoms with van der Waals surface area (Å²) in [4.78, 5) is 2.31. The van der Waals surface area contributed by atoms with Gasteiger partial charge < -0.3 is 9.15 Å². The molecule has 0 aromatic carbocycles. The van der Waals surface area contributed by atoms with Crippen molar-refractivity contribution in [2.24, 2.45) is 0 Å². The van der Waals surface area contributed by atoms with E-state index in [0.717, 1.165) is 38.6 Å². The van der Waals surface area contributed by atoms with E-state index in [1.165, 1.54) is 12.8 Å². The molecule has 1 unspecified atom stereocenters. The zero-order chi connectivity index (χ0) is 13.7. The van der Waals surface area contributed by atoms with Crippen LogP contribution < -0.4 is 0 Å². The molecule has 0 spiro atoms. The minimum absolute atomic E-state index is 0.290. The minimum Gasteiger partial charge on any atom is -0.424 e. The average Bonchev–Trinajstić information content (AvgIpc) is 2.88. The first-order valence-electron chi connectivity index (χ1n) is 7.35. The van der Waals surface area contributed by atoms with E-state index < -0.39 is 0 Å². The Morgan fingerprint density at radius 1 is 1.32 bits per heavy atom. The van der Waals surface area contributed by atoms with Crippen LogP contribution in [0.25, 0.3) is 0 Å².